The number of nitrogens with zero attached hydrogens (tertiary/aromatic N) is 6. The van der Waals surface area contributed by atoms with Crippen molar-refractivity contribution < 1.29 is 8.42 Å². The van der Waals surface area contributed by atoms with E-state index in [2.05, 4.69) is 27.3 Å². The van der Waals surface area contributed by atoms with Crippen LogP contribution in [-0.4, -0.2) is 58.7 Å². The summed E-state index contributed by atoms with van der Waals surface area (Å²) < 4.78 is 30.0. The molecule has 0 saturated carbocycles. The summed E-state index contributed by atoms with van der Waals surface area (Å²) in [5, 5.41) is 7.72. The first kappa shape index (κ1) is 23.2. The number of rotatable bonds is 6. The van der Waals surface area contributed by atoms with E-state index in [0.717, 1.165) is 17.2 Å². The Morgan fingerprint density at radius 3 is 2.24 bits per heavy atom. The molecule has 1 N–H and O–H groups in total. The van der Waals surface area contributed by atoms with Gasteiger partial charge in [-0.15, -0.1) is 0 Å². The Balaban J connectivity index is 1.49. The number of aryl methyl sites for hydroxylation is 4. The summed E-state index contributed by atoms with van der Waals surface area (Å²) in [6.07, 6.45) is 0. The normalized spacial score (nSPS) is 15.1. The molecule has 176 valence electrons. The van der Waals surface area contributed by atoms with Crippen molar-refractivity contribution in [1.82, 2.24) is 24.1 Å². The minimum atomic E-state index is -3.61. The lowest BCUT2D eigenvalue weighted by Crippen LogP contribution is -2.49. The smallest absolute Gasteiger partial charge is 0.246 e. The van der Waals surface area contributed by atoms with Crippen LogP contribution in [-0.2, 0) is 16.6 Å². The van der Waals surface area contributed by atoms with E-state index in [1.165, 1.54) is 5.56 Å². The number of sulfonamides is 1. The molecular formula is C23H31N7O2S. The van der Waals surface area contributed by atoms with E-state index in [4.69, 9.17) is 0 Å². The van der Waals surface area contributed by atoms with Gasteiger partial charge in [0.25, 0.3) is 0 Å². The Bertz CT molecular complexity index is 1240. The maximum absolute atomic E-state index is 13.3. The summed E-state index contributed by atoms with van der Waals surface area (Å²) in [4.78, 5) is 11.6. The van der Waals surface area contributed by atoms with Gasteiger partial charge in [-0.05, 0) is 46.8 Å². The standard InChI is InChI=1S/C23H31N7O2S/c1-6-30-19(5)22(18(4)27-30)33(31,32)29-13-11-28(12-14-29)23-24-17(3)15-21(26-23)25-20-9-7-16(2)8-10-20/h7-10,15H,6,11-14H2,1-5H3,(H,24,25,26). The quantitative estimate of drug-likeness (QED) is 0.592. The van der Waals surface area contributed by atoms with E-state index >= 15 is 0 Å². The lowest BCUT2D eigenvalue weighted by atomic mass is 10.2. The first-order valence-corrected chi connectivity index (χ1v) is 12.6. The molecule has 3 aromatic rings. The van der Waals surface area contributed by atoms with E-state index < -0.39 is 10.0 Å². The summed E-state index contributed by atoms with van der Waals surface area (Å²) in [6, 6.07) is 10.0. The van der Waals surface area contributed by atoms with Gasteiger partial charge in [0.2, 0.25) is 16.0 Å². The molecule has 3 heterocycles. The molecule has 4 rings (SSSR count). The van der Waals surface area contributed by atoms with Crippen molar-refractivity contribution in [1.29, 1.82) is 0 Å². The number of nitrogens with one attached hydrogen (secondary N) is 1. The lowest BCUT2D eigenvalue weighted by Gasteiger charge is -2.34. The second-order valence-electron chi connectivity index (χ2n) is 8.39. The zero-order valence-electron chi connectivity index (χ0n) is 19.8. The monoisotopic (exact) mass is 469 g/mol. The molecule has 2 aromatic heterocycles. The molecule has 1 aromatic carbocycles. The molecule has 10 heteroatoms. The highest BCUT2D eigenvalue weighted by Crippen LogP contribution is 2.26. The SMILES string of the molecule is CCn1nc(C)c(S(=O)(=O)N2CCN(c3nc(C)cc(Nc4ccc(C)cc4)n3)CC2)c1C. The molecule has 0 spiro atoms. The van der Waals surface area contributed by atoms with Gasteiger partial charge in [0, 0.05) is 50.2 Å². The van der Waals surface area contributed by atoms with Crippen LogP contribution < -0.4 is 10.2 Å². The fraction of sp³-hybridized carbons (Fsp3) is 0.435. The third kappa shape index (κ3) is 4.72. The Kier molecular flexibility index (Phi) is 6.40. The van der Waals surface area contributed by atoms with Crippen LogP contribution in [0.4, 0.5) is 17.5 Å². The van der Waals surface area contributed by atoms with E-state index in [9.17, 15) is 8.42 Å². The van der Waals surface area contributed by atoms with Crippen molar-refractivity contribution in [2.24, 2.45) is 0 Å². The zero-order chi connectivity index (χ0) is 23.8. The van der Waals surface area contributed by atoms with Crippen molar-refractivity contribution in [3.63, 3.8) is 0 Å². The Morgan fingerprint density at radius 1 is 0.970 bits per heavy atom. The second-order valence-corrected chi connectivity index (χ2v) is 10.3. The molecule has 0 unspecified atom stereocenters. The fourth-order valence-corrected chi connectivity index (χ4v) is 5.96. The summed E-state index contributed by atoms with van der Waals surface area (Å²) >= 11 is 0. The third-order valence-electron chi connectivity index (χ3n) is 5.90. The molecule has 0 amide bonds. The molecule has 1 saturated heterocycles. The number of piperazine rings is 1. The molecule has 1 aliphatic heterocycles. The van der Waals surface area contributed by atoms with Crippen LogP contribution in [0.2, 0.25) is 0 Å². The Morgan fingerprint density at radius 2 is 1.64 bits per heavy atom. The van der Waals surface area contributed by atoms with Gasteiger partial charge in [0.1, 0.15) is 10.7 Å². The van der Waals surface area contributed by atoms with E-state index in [0.29, 0.717) is 55.0 Å². The van der Waals surface area contributed by atoms with E-state index in [1.54, 1.807) is 15.9 Å². The maximum Gasteiger partial charge on any atom is 0.246 e. The van der Waals surface area contributed by atoms with Crippen molar-refractivity contribution in [2.45, 2.75) is 46.1 Å². The topological polar surface area (TPSA) is 96.3 Å². The average Bonchev–Trinajstić information content (AvgIpc) is 3.08. The number of hydrogen-bond acceptors (Lipinski definition) is 7. The highest BCUT2D eigenvalue weighted by Gasteiger charge is 2.33. The molecule has 0 aliphatic carbocycles. The van der Waals surface area contributed by atoms with Crippen molar-refractivity contribution in [3.05, 3.63) is 53.0 Å². The fourth-order valence-electron chi connectivity index (χ4n) is 4.16. The first-order chi connectivity index (χ1) is 15.7. The van der Waals surface area contributed by atoms with E-state index in [-0.39, 0.29) is 0 Å². The molecule has 0 radical (unpaired) electrons. The van der Waals surface area contributed by atoms with Gasteiger partial charge >= 0.3 is 0 Å². The van der Waals surface area contributed by atoms with Gasteiger partial charge in [-0.25, -0.2) is 13.4 Å². The molecule has 33 heavy (non-hydrogen) atoms. The maximum atomic E-state index is 13.3. The predicted octanol–water partition coefficient (Wildman–Crippen LogP) is 3.18. The van der Waals surface area contributed by atoms with Crippen LogP contribution in [0.3, 0.4) is 0 Å². The minimum Gasteiger partial charge on any atom is -0.340 e. The Labute approximate surface area is 195 Å². The molecular weight excluding hydrogens is 438 g/mol. The van der Waals surface area contributed by atoms with Crippen LogP contribution in [0.1, 0.15) is 29.6 Å². The highest BCUT2D eigenvalue weighted by molar-refractivity contribution is 7.89. The summed E-state index contributed by atoms with van der Waals surface area (Å²) in [5.74, 6) is 1.32. The van der Waals surface area contributed by atoms with Crippen molar-refractivity contribution in [3.8, 4) is 0 Å². The van der Waals surface area contributed by atoms with Gasteiger partial charge in [-0.1, -0.05) is 17.7 Å². The number of anilines is 3. The van der Waals surface area contributed by atoms with Crippen LogP contribution in [0.5, 0.6) is 0 Å². The van der Waals surface area contributed by atoms with Crippen molar-refractivity contribution >= 4 is 27.5 Å². The number of benzene rings is 1. The van der Waals surface area contributed by atoms with Gasteiger partial charge in [-0.3, -0.25) is 4.68 Å². The van der Waals surface area contributed by atoms with Crippen LogP contribution in [0, 0.1) is 27.7 Å². The zero-order valence-corrected chi connectivity index (χ0v) is 20.6. The largest absolute Gasteiger partial charge is 0.340 e. The Hall–Kier alpha value is -2.98. The number of hydrogen-bond donors (Lipinski definition) is 1. The van der Waals surface area contributed by atoms with Gasteiger partial charge in [0.05, 0.1) is 11.4 Å². The van der Waals surface area contributed by atoms with Crippen LogP contribution in [0.15, 0.2) is 35.2 Å². The second kappa shape index (κ2) is 9.11. The van der Waals surface area contributed by atoms with Crippen molar-refractivity contribution in [2.75, 3.05) is 36.4 Å². The third-order valence-corrected chi connectivity index (χ3v) is 8.05. The average molecular weight is 470 g/mol. The molecule has 0 bridgehead atoms. The van der Waals surface area contributed by atoms with Gasteiger partial charge in [0.15, 0.2) is 0 Å². The molecule has 0 atom stereocenters. The van der Waals surface area contributed by atoms with E-state index in [1.807, 2.05) is 56.0 Å². The summed E-state index contributed by atoms with van der Waals surface area (Å²) in [6.45, 7) is 11.9. The van der Waals surface area contributed by atoms with Crippen LogP contribution in [0.25, 0.3) is 0 Å². The van der Waals surface area contributed by atoms with Crippen LogP contribution >= 0.6 is 0 Å². The molecule has 9 nitrogen and oxygen atoms in total. The molecule has 1 aliphatic rings. The summed E-state index contributed by atoms with van der Waals surface area (Å²) in [7, 11) is -3.61. The van der Waals surface area contributed by atoms with Gasteiger partial charge in [-0.2, -0.15) is 14.4 Å². The highest BCUT2D eigenvalue weighted by atomic mass is 32.2. The predicted molar refractivity (Wildman–Crippen MR) is 130 cm³/mol. The van der Waals surface area contributed by atoms with Gasteiger partial charge < -0.3 is 10.2 Å². The first-order valence-electron chi connectivity index (χ1n) is 11.2. The minimum absolute atomic E-state index is 0.328. The number of aromatic nitrogens is 4. The summed E-state index contributed by atoms with van der Waals surface area (Å²) in [5.41, 5.74) is 4.24. The lowest BCUT2D eigenvalue weighted by molar-refractivity contribution is 0.382. The molecule has 1 fully saturated rings.